The third kappa shape index (κ3) is 5.49. The molecule has 2 atom stereocenters. The number of likely N-dealkylation sites (tertiary alicyclic amines) is 1. The molecule has 35 heavy (non-hydrogen) atoms. The first-order chi connectivity index (χ1) is 16.4. The highest BCUT2D eigenvalue weighted by molar-refractivity contribution is 6.74. The van der Waals surface area contributed by atoms with Gasteiger partial charge in [0.1, 0.15) is 18.4 Å². The van der Waals surface area contributed by atoms with E-state index in [9.17, 15) is 4.79 Å². The van der Waals surface area contributed by atoms with Gasteiger partial charge in [-0.3, -0.25) is 4.79 Å². The number of nitrogens with zero attached hydrogens (tertiary/aromatic N) is 1. The van der Waals surface area contributed by atoms with Crippen LogP contribution in [0.5, 0.6) is 17.2 Å². The molecule has 3 rings (SSSR count). The molecule has 1 aliphatic heterocycles. The molecule has 0 radical (unpaired) electrons. The Labute approximate surface area is 210 Å². The molecule has 0 bridgehead atoms. The van der Waals surface area contributed by atoms with E-state index in [-0.39, 0.29) is 17.0 Å². The summed E-state index contributed by atoms with van der Waals surface area (Å²) < 4.78 is 23.9. The summed E-state index contributed by atoms with van der Waals surface area (Å²) in [7, 11) is 1.31. The van der Waals surface area contributed by atoms with Crippen molar-refractivity contribution in [2.75, 3.05) is 27.4 Å². The van der Waals surface area contributed by atoms with Gasteiger partial charge in [-0.1, -0.05) is 51.1 Å². The summed E-state index contributed by atoms with van der Waals surface area (Å²) in [4.78, 5) is 14.5. The largest absolute Gasteiger partial charge is 0.496 e. The number of benzene rings is 2. The second kappa shape index (κ2) is 10.6. The minimum absolute atomic E-state index is 0.0869. The molecule has 8 heteroatoms. The lowest BCUT2D eigenvalue weighted by atomic mass is 9.87. The van der Waals surface area contributed by atoms with Crippen LogP contribution >= 0.6 is 0 Å². The first kappa shape index (κ1) is 27.0. The Hall–Kier alpha value is -2.55. The zero-order valence-corrected chi connectivity index (χ0v) is 23.3. The van der Waals surface area contributed by atoms with Crippen molar-refractivity contribution >= 4 is 14.2 Å². The molecule has 1 saturated heterocycles. The smallest absolute Gasteiger partial charge is 0.242 e. The van der Waals surface area contributed by atoms with E-state index in [0.29, 0.717) is 37.0 Å². The van der Waals surface area contributed by atoms with Gasteiger partial charge in [-0.25, -0.2) is 0 Å². The van der Waals surface area contributed by atoms with Gasteiger partial charge in [0.25, 0.3) is 0 Å². The number of carbonyl (C=O) groups excluding carboxylic acids is 1. The average molecular weight is 501 g/mol. The van der Waals surface area contributed by atoms with Crippen molar-refractivity contribution in [3.05, 3.63) is 53.1 Å². The van der Waals surface area contributed by atoms with Gasteiger partial charge in [0, 0.05) is 17.7 Å². The van der Waals surface area contributed by atoms with Crippen LogP contribution in [0, 0.1) is 6.92 Å². The summed E-state index contributed by atoms with van der Waals surface area (Å²) in [6.45, 7) is 14.3. The van der Waals surface area contributed by atoms with Gasteiger partial charge in [-0.2, -0.15) is 0 Å². The molecular weight excluding hydrogens is 460 g/mol. The van der Waals surface area contributed by atoms with Crippen molar-refractivity contribution in [2.24, 2.45) is 5.73 Å². The Morgan fingerprint density at radius 1 is 1.06 bits per heavy atom. The Morgan fingerprint density at radius 3 is 2.26 bits per heavy atom. The van der Waals surface area contributed by atoms with Crippen LogP contribution in [-0.4, -0.2) is 52.5 Å². The lowest BCUT2D eigenvalue weighted by Crippen LogP contribution is -2.63. The maximum absolute atomic E-state index is 12.8. The lowest BCUT2D eigenvalue weighted by molar-refractivity contribution is -0.150. The van der Waals surface area contributed by atoms with Crippen molar-refractivity contribution < 1.29 is 23.4 Å². The molecule has 0 saturated carbocycles. The summed E-state index contributed by atoms with van der Waals surface area (Å²) in [6.07, 6.45) is 0. The molecular formula is C27H40N2O5Si. The SMILES string of the molecule is COc1c(OCc2ccccc2)cc([C@@H]2[C@H](N)C(=O)N2CCO[Si](C)(C)C(C)(C)C)c(OC)c1C. The fraction of sp³-hybridized carbons (Fsp3) is 0.519. The summed E-state index contributed by atoms with van der Waals surface area (Å²) in [5.74, 6) is 1.76. The van der Waals surface area contributed by atoms with E-state index >= 15 is 0 Å². The minimum Gasteiger partial charge on any atom is -0.496 e. The van der Waals surface area contributed by atoms with Crippen molar-refractivity contribution in [2.45, 2.75) is 64.5 Å². The zero-order chi connectivity index (χ0) is 26.0. The van der Waals surface area contributed by atoms with Crippen molar-refractivity contribution in [1.29, 1.82) is 0 Å². The first-order valence-electron chi connectivity index (χ1n) is 12.0. The highest BCUT2D eigenvalue weighted by Crippen LogP contribution is 2.47. The second-order valence-corrected chi connectivity index (χ2v) is 15.4. The molecule has 2 aromatic carbocycles. The summed E-state index contributed by atoms with van der Waals surface area (Å²) in [5.41, 5.74) is 8.99. The van der Waals surface area contributed by atoms with E-state index in [4.69, 9.17) is 24.4 Å². The number of hydrogen-bond donors (Lipinski definition) is 1. The van der Waals surface area contributed by atoms with Gasteiger partial charge in [-0.15, -0.1) is 0 Å². The van der Waals surface area contributed by atoms with Gasteiger partial charge in [0.05, 0.1) is 26.9 Å². The molecule has 0 unspecified atom stereocenters. The molecule has 192 valence electrons. The van der Waals surface area contributed by atoms with E-state index in [1.165, 1.54) is 0 Å². The lowest BCUT2D eigenvalue weighted by Gasteiger charge is -2.47. The van der Waals surface area contributed by atoms with Crippen LogP contribution in [-0.2, 0) is 15.8 Å². The third-order valence-electron chi connectivity index (χ3n) is 7.26. The van der Waals surface area contributed by atoms with E-state index in [1.54, 1.807) is 19.1 Å². The Bertz CT molecular complexity index is 1040. The fourth-order valence-corrected chi connectivity index (χ4v) is 5.20. The van der Waals surface area contributed by atoms with Crippen molar-refractivity contribution in [3.63, 3.8) is 0 Å². The highest BCUT2D eigenvalue weighted by atomic mass is 28.4. The van der Waals surface area contributed by atoms with Gasteiger partial charge in [0.2, 0.25) is 5.91 Å². The van der Waals surface area contributed by atoms with Gasteiger partial charge >= 0.3 is 0 Å². The fourth-order valence-electron chi connectivity index (χ4n) is 4.17. The van der Waals surface area contributed by atoms with Crippen LogP contribution in [0.1, 0.15) is 43.5 Å². The molecule has 1 amide bonds. The van der Waals surface area contributed by atoms with Crippen LogP contribution in [0.4, 0.5) is 0 Å². The first-order valence-corrected chi connectivity index (χ1v) is 15.0. The molecule has 2 aromatic rings. The molecule has 1 aliphatic rings. The third-order valence-corrected chi connectivity index (χ3v) is 11.8. The normalized spacial score (nSPS) is 18.3. The topological polar surface area (TPSA) is 83.3 Å². The van der Waals surface area contributed by atoms with Gasteiger partial charge in [-0.05, 0) is 36.7 Å². The van der Waals surface area contributed by atoms with Crippen LogP contribution in [0.2, 0.25) is 18.1 Å². The van der Waals surface area contributed by atoms with Crippen LogP contribution in [0.25, 0.3) is 0 Å². The number of hydrogen-bond acceptors (Lipinski definition) is 6. The highest BCUT2D eigenvalue weighted by Gasteiger charge is 2.48. The summed E-state index contributed by atoms with van der Waals surface area (Å²) in [6, 6.07) is 10.9. The molecule has 0 spiro atoms. The van der Waals surface area contributed by atoms with Crippen molar-refractivity contribution in [1.82, 2.24) is 4.90 Å². The number of nitrogens with two attached hydrogens (primary N) is 1. The molecule has 2 N–H and O–H groups in total. The monoisotopic (exact) mass is 500 g/mol. The molecule has 0 aromatic heterocycles. The summed E-state index contributed by atoms with van der Waals surface area (Å²) in [5, 5.41) is 0.100. The molecule has 7 nitrogen and oxygen atoms in total. The number of carbonyl (C=O) groups is 1. The zero-order valence-electron chi connectivity index (χ0n) is 22.3. The number of amides is 1. The van der Waals surface area contributed by atoms with E-state index in [0.717, 1.165) is 16.7 Å². The average Bonchev–Trinajstić information content (AvgIpc) is 2.81. The van der Waals surface area contributed by atoms with E-state index in [1.807, 2.05) is 43.3 Å². The predicted molar refractivity (Wildman–Crippen MR) is 141 cm³/mol. The van der Waals surface area contributed by atoms with Crippen LogP contribution in [0.3, 0.4) is 0 Å². The number of methoxy groups -OCH3 is 2. The predicted octanol–water partition coefficient (Wildman–Crippen LogP) is 4.82. The molecule has 1 heterocycles. The molecule has 0 aliphatic carbocycles. The maximum Gasteiger partial charge on any atom is 0.242 e. The van der Waals surface area contributed by atoms with E-state index < -0.39 is 14.4 Å². The minimum atomic E-state index is -1.92. The van der Waals surface area contributed by atoms with Crippen LogP contribution < -0.4 is 19.9 Å². The Kier molecular flexibility index (Phi) is 8.19. The van der Waals surface area contributed by atoms with Crippen molar-refractivity contribution in [3.8, 4) is 17.2 Å². The number of rotatable bonds is 10. The van der Waals surface area contributed by atoms with E-state index in [2.05, 4.69) is 33.9 Å². The Balaban J connectivity index is 1.87. The quantitative estimate of drug-likeness (QED) is 0.372. The van der Waals surface area contributed by atoms with Gasteiger partial charge < -0.3 is 29.3 Å². The Morgan fingerprint density at radius 2 is 1.69 bits per heavy atom. The number of ether oxygens (including phenoxy) is 3. The van der Waals surface area contributed by atoms with Gasteiger partial charge in [0.15, 0.2) is 19.8 Å². The van der Waals surface area contributed by atoms with Crippen LogP contribution in [0.15, 0.2) is 36.4 Å². The summed E-state index contributed by atoms with van der Waals surface area (Å²) >= 11 is 0. The second-order valence-electron chi connectivity index (χ2n) is 10.5. The number of β-lactam (4-membered cyclic amide) rings is 1. The maximum atomic E-state index is 12.8. The molecule has 1 fully saturated rings. The standard InChI is InChI=1S/C27H40N2O5Si/c1-18-24(31-5)20(16-21(25(18)32-6)33-17-19-12-10-9-11-13-19)23-22(28)26(30)29(23)14-15-34-35(7,8)27(2,3)4/h9-13,16,22-23H,14-15,17,28H2,1-8H3/t22-,23+/m0/s1.